The molecule has 2 saturated carbocycles. The fraction of sp³-hybridized carbons (Fsp3) is 0.586. The number of amides is 1. The predicted octanol–water partition coefficient (Wildman–Crippen LogP) is 5.92. The average Bonchev–Trinajstić information content (AvgIpc) is 2.95. The lowest BCUT2D eigenvalue weighted by Gasteiger charge is -2.38. The van der Waals surface area contributed by atoms with Crippen molar-refractivity contribution in [2.24, 2.45) is 11.8 Å². The highest BCUT2D eigenvalue weighted by Crippen LogP contribution is 2.36. The smallest absolute Gasteiger partial charge is 0.272 e. The summed E-state index contributed by atoms with van der Waals surface area (Å²) in [4.78, 5) is 15.1. The minimum Gasteiger partial charge on any atom is -0.490 e. The molecule has 196 valence electrons. The number of rotatable bonds is 6. The summed E-state index contributed by atoms with van der Waals surface area (Å²) < 4.78 is 6.05. The Morgan fingerprint density at radius 3 is 2.32 bits per heavy atom. The van der Waals surface area contributed by atoms with Crippen LogP contribution in [0, 0.1) is 23.2 Å². The normalized spacial score (nSPS) is 23.3. The van der Waals surface area contributed by atoms with Gasteiger partial charge in [0.25, 0.3) is 5.91 Å². The molecule has 0 unspecified atom stereocenters. The SMILES string of the molecule is N#Cc1ccc(OC2CCC(NC(=O)c3ccc(N4CCC(C5CCCCC5)CC4)nn3)CC2)cc1Cl. The number of anilines is 1. The lowest BCUT2D eigenvalue weighted by molar-refractivity contribution is 0.0888. The molecule has 3 aliphatic rings. The monoisotopic (exact) mass is 521 g/mol. The molecule has 2 aromatic rings. The summed E-state index contributed by atoms with van der Waals surface area (Å²) in [5, 5.41) is 21.2. The van der Waals surface area contributed by atoms with Gasteiger partial charge in [-0.15, -0.1) is 10.2 Å². The van der Waals surface area contributed by atoms with E-state index in [0.717, 1.165) is 56.4 Å². The molecule has 1 amide bonds. The van der Waals surface area contributed by atoms with E-state index in [1.54, 1.807) is 24.3 Å². The van der Waals surface area contributed by atoms with Crippen molar-refractivity contribution in [3.63, 3.8) is 0 Å². The first kappa shape index (κ1) is 25.8. The van der Waals surface area contributed by atoms with Crippen molar-refractivity contribution in [3.8, 4) is 11.8 Å². The molecule has 0 atom stereocenters. The maximum absolute atomic E-state index is 12.8. The number of aromatic nitrogens is 2. The van der Waals surface area contributed by atoms with Crippen LogP contribution < -0.4 is 15.0 Å². The Morgan fingerprint density at radius 2 is 1.68 bits per heavy atom. The minimum atomic E-state index is -0.168. The largest absolute Gasteiger partial charge is 0.490 e. The van der Waals surface area contributed by atoms with E-state index >= 15 is 0 Å². The molecule has 7 nitrogen and oxygen atoms in total. The third-order valence-electron chi connectivity index (χ3n) is 8.44. The molecule has 0 bridgehead atoms. The van der Waals surface area contributed by atoms with Gasteiger partial charge in [0.15, 0.2) is 11.5 Å². The second-order valence-corrected chi connectivity index (χ2v) is 11.2. The third kappa shape index (κ3) is 6.54. The van der Waals surface area contributed by atoms with Crippen molar-refractivity contribution in [1.82, 2.24) is 15.5 Å². The van der Waals surface area contributed by atoms with Crippen LogP contribution in [-0.2, 0) is 0 Å². The first-order valence-corrected chi connectivity index (χ1v) is 14.2. The quantitative estimate of drug-likeness (QED) is 0.507. The van der Waals surface area contributed by atoms with E-state index in [-0.39, 0.29) is 18.1 Å². The van der Waals surface area contributed by atoms with Gasteiger partial charge >= 0.3 is 0 Å². The maximum Gasteiger partial charge on any atom is 0.272 e. The average molecular weight is 522 g/mol. The first-order valence-electron chi connectivity index (χ1n) is 13.8. The van der Waals surface area contributed by atoms with Crippen molar-refractivity contribution >= 4 is 23.3 Å². The van der Waals surface area contributed by atoms with Crippen molar-refractivity contribution in [2.75, 3.05) is 18.0 Å². The van der Waals surface area contributed by atoms with E-state index in [0.29, 0.717) is 22.0 Å². The second kappa shape index (κ2) is 12.1. The Morgan fingerprint density at radius 1 is 0.946 bits per heavy atom. The Labute approximate surface area is 224 Å². The van der Waals surface area contributed by atoms with E-state index in [1.165, 1.54) is 44.9 Å². The van der Waals surface area contributed by atoms with Crippen molar-refractivity contribution in [2.45, 2.75) is 82.8 Å². The molecular formula is C29H36ClN5O2. The van der Waals surface area contributed by atoms with E-state index < -0.39 is 0 Å². The molecule has 8 heteroatoms. The van der Waals surface area contributed by atoms with Crippen LogP contribution in [-0.4, -0.2) is 41.3 Å². The zero-order valence-electron chi connectivity index (χ0n) is 21.4. The summed E-state index contributed by atoms with van der Waals surface area (Å²) in [6.07, 6.45) is 12.9. The highest BCUT2D eigenvalue weighted by molar-refractivity contribution is 6.31. The molecular weight excluding hydrogens is 486 g/mol. The summed E-state index contributed by atoms with van der Waals surface area (Å²) in [6, 6.07) is 11.0. The highest BCUT2D eigenvalue weighted by atomic mass is 35.5. The van der Waals surface area contributed by atoms with Crippen molar-refractivity contribution in [3.05, 3.63) is 46.6 Å². The highest BCUT2D eigenvalue weighted by Gasteiger charge is 2.29. The molecule has 2 heterocycles. The van der Waals surface area contributed by atoms with Gasteiger partial charge in [0, 0.05) is 25.2 Å². The molecule has 5 rings (SSSR count). The molecule has 0 radical (unpaired) electrons. The van der Waals surface area contributed by atoms with E-state index in [1.807, 2.05) is 6.07 Å². The van der Waals surface area contributed by atoms with Crippen LogP contribution in [0.1, 0.15) is 86.7 Å². The van der Waals surface area contributed by atoms with Crippen molar-refractivity contribution in [1.29, 1.82) is 5.26 Å². The second-order valence-electron chi connectivity index (χ2n) is 10.8. The summed E-state index contributed by atoms with van der Waals surface area (Å²) in [6.45, 7) is 2.06. The Kier molecular flexibility index (Phi) is 8.45. The van der Waals surface area contributed by atoms with Crippen LogP contribution in [0.3, 0.4) is 0 Å². The van der Waals surface area contributed by atoms with Gasteiger partial charge in [-0.05, 0) is 74.6 Å². The van der Waals surface area contributed by atoms with Crippen molar-refractivity contribution < 1.29 is 9.53 Å². The van der Waals surface area contributed by atoms with Gasteiger partial charge in [-0.3, -0.25) is 4.79 Å². The fourth-order valence-electron chi connectivity index (χ4n) is 6.26. The molecule has 2 aliphatic carbocycles. The Balaban J connectivity index is 1.06. The summed E-state index contributed by atoms with van der Waals surface area (Å²) >= 11 is 6.11. The van der Waals surface area contributed by atoms with Crippen LogP contribution in [0.2, 0.25) is 5.02 Å². The van der Waals surface area contributed by atoms with Gasteiger partial charge in [-0.25, -0.2) is 0 Å². The lowest BCUT2D eigenvalue weighted by Crippen LogP contribution is -2.40. The molecule has 3 fully saturated rings. The summed E-state index contributed by atoms with van der Waals surface area (Å²) in [7, 11) is 0. The molecule has 1 saturated heterocycles. The van der Waals surface area contributed by atoms with Gasteiger partial charge in [-0.1, -0.05) is 43.7 Å². The van der Waals surface area contributed by atoms with Gasteiger partial charge in [0.1, 0.15) is 11.8 Å². The number of piperidine rings is 1. The molecule has 1 N–H and O–H groups in total. The lowest BCUT2D eigenvalue weighted by atomic mass is 9.76. The molecule has 37 heavy (non-hydrogen) atoms. The zero-order chi connectivity index (χ0) is 25.6. The van der Waals surface area contributed by atoms with Crippen LogP contribution in [0.15, 0.2) is 30.3 Å². The van der Waals surface area contributed by atoms with Gasteiger partial charge in [0.05, 0.1) is 16.7 Å². The van der Waals surface area contributed by atoms with Gasteiger partial charge in [-0.2, -0.15) is 5.26 Å². The number of nitrogens with zero attached hydrogens (tertiary/aromatic N) is 4. The predicted molar refractivity (Wildman–Crippen MR) is 144 cm³/mol. The van der Waals surface area contributed by atoms with Gasteiger partial charge in [0.2, 0.25) is 0 Å². The standard InChI is InChI=1S/C29H36ClN5O2/c30-26-18-25(9-6-22(26)19-31)37-24-10-7-23(8-11-24)32-29(36)27-12-13-28(34-33-27)35-16-14-21(15-17-35)20-4-2-1-3-5-20/h6,9,12-13,18,20-21,23-24H,1-5,7-8,10-11,14-17H2,(H,32,36). The number of halogens is 1. The fourth-order valence-corrected chi connectivity index (χ4v) is 6.47. The molecule has 0 spiro atoms. The molecule has 1 aromatic heterocycles. The number of nitrogens with one attached hydrogen (secondary N) is 1. The van der Waals surface area contributed by atoms with Crippen LogP contribution in [0.5, 0.6) is 5.75 Å². The summed E-state index contributed by atoms with van der Waals surface area (Å²) in [5.74, 6) is 3.16. The maximum atomic E-state index is 12.8. The molecule has 1 aromatic carbocycles. The van der Waals surface area contributed by atoms with E-state index in [9.17, 15) is 4.79 Å². The number of nitriles is 1. The van der Waals surface area contributed by atoms with Crippen LogP contribution >= 0.6 is 11.6 Å². The first-order chi connectivity index (χ1) is 18.1. The minimum absolute atomic E-state index is 0.0680. The number of hydrogen-bond donors (Lipinski definition) is 1. The number of carbonyl (C=O) groups excluding carboxylic acids is 1. The number of carbonyl (C=O) groups is 1. The van der Waals surface area contributed by atoms with E-state index in [2.05, 4.69) is 26.5 Å². The number of ether oxygens (including phenoxy) is 1. The van der Waals surface area contributed by atoms with Crippen LogP contribution in [0.25, 0.3) is 0 Å². The Hall–Kier alpha value is -2.85. The number of hydrogen-bond acceptors (Lipinski definition) is 6. The topological polar surface area (TPSA) is 91.1 Å². The summed E-state index contributed by atoms with van der Waals surface area (Å²) in [5.41, 5.74) is 0.808. The van der Waals surface area contributed by atoms with Gasteiger partial charge < -0.3 is 15.0 Å². The third-order valence-corrected chi connectivity index (χ3v) is 8.75. The van der Waals surface area contributed by atoms with Crippen LogP contribution in [0.4, 0.5) is 5.82 Å². The Bertz CT molecular complexity index is 1100. The zero-order valence-corrected chi connectivity index (χ0v) is 22.1. The van der Waals surface area contributed by atoms with E-state index in [4.69, 9.17) is 21.6 Å². The molecule has 1 aliphatic heterocycles. The number of benzene rings is 1.